The number of nitrogens with zero attached hydrogens (tertiary/aromatic N) is 2. The van der Waals surface area contributed by atoms with Gasteiger partial charge in [-0.3, -0.25) is 10.2 Å². The van der Waals surface area contributed by atoms with Crippen molar-refractivity contribution in [1.29, 1.82) is 0 Å². The standard InChI is InChI=1S/C18H28N4OS2/c23-16(21-17-20-14-5-1-2-6-15(14)25-17)19-13-18(7-3-4-8-18)22-9-11-24-12-10-22/h1-13H2,(H2,19,20,21,23). The zero-order valence-corrected chi connectivity index (χ0v) is 16.4. The van der Waals surface area contributed by atoms with E-state index in [9.17, 15) is 4.79 Å². The van der Waals surface area contributed by atoms with Crippen LogP contribution in [0.4, 0.5) is 9.93 Å². The van der Waals surface area contributed by atoms with Gasteiger partial charge in [0, 0.05) is 41.6 Å². The molecule has 0 atom stereocenters. The zero-order valence-electron chi connectivity index (χ0n) is 14.8. The van der Waals surface area contributed by atoms with Crippen LogP contribution in [0.1, 0.15) is 49.1 Å². The van der Waals surface area contributed by atoms with E-state index < -0.39 is 0 Å². The summed E-state index contributed by atoms with van der Waals surface area (Å²) in [6.45, 7) is 3.08. The van der Waals surface area contributed by atoms with Crippen molar-refractivity contribution < 1.29 is 4.79 Å². The Morgan fingerprint density at radius 3 is 2.64 bits per heavy atom. The lowest BCUT2D eigenvalue weighted by Gasteiger charge is -2.43. The first-order valence-electron chi connectivity index (χ1n) is 9.61. The number of aromatic nitrogens is 1. The fourth-order valence-electron chi connectivity index (χ4n) is 4.47. The van der Waals surface area contributed by atoms with Crippen LogP contribution >= 0.6 is 23.1 Å². The minimum absolute atomic E-state index is 0.0937. The van der Waals surface area contributed by atoms with E-state index in [2.05, 4.69) is 20.5 Å². The Balaban J connectivity index is 1.34. The molecule has 0 radical (unpaired) electrons. The average molecular weight is 381 g/mol. The van der Waals surface area contributed by atoms with Crippen LogP contribution in [0.15, 0.2) is 0 Å². The molecule has 2 aliphatic carbocycles. The molecule has 0 aromatic carbocycles. The van der Waals surface area contributed by atoms with Crippen molar-refractivity contribution in [2.75, 3.05) is 36.5 Å². The molecule has 2 heterocycles. The first-order valence-corrected chi connectivity index (χ1v) is 11.6. The van der Waals surface area contributed by atoms with Crippen LogP contribution < -0.4 is 10.6 Å². The third-order valence-electron chi connectivity index (χ3n) is 5.86. The molecule has 7 heteroatoms. The van der Waals surface area contributed by atoms with E-state index >= 15 is 0 Å². The number of anilines is 1. The first kappa shape index (κ1) is 17.6. The Morgan fingerprint density at radius 2 is 1.88 bits per heavy atom. The number of thioether (sulfide) groups is 1. The van der Waals surface area contributed by atoms with E-state index in [1.807, 2.05) is 11.8 Å². The molecule has 4 rings (SSSR count). The molecule has 1 saturated heterocycles. The Hall–Kier alpha value is -0.790. The van der Waals surface area contributed by atoms with E-state index in [-0.39, 0.29) is 11.6 Å². The monoisotopic (exact) mass is 380 g/mol. The molecular formula is C18H28N4OS2. The summed E-state index contributed by atoms with van der Waals surface area (Å²) in [6, 6.07) is -0.0937. The number of urea groups is 1. The van der Waals surface area contributed by atoms with Gasteiger partial charge in [-0.25, -0.2) is 9.78 Å². The second kappa shape index (κ2) is 7.84. The summed E-state index contributed by atoms with van der Waals surface area (Å²) in [5.74, 6) is 2.44. The van der Waals surface area contributed by atoms with E-state index in [0.717, 1.165) is 37.6 Å². The van der Waals surface area contributed by atoms with Gasteiger partial charge in [0.1, 0.15) is 0 Å². The second-order valence-electron chi connectivity index (χ2n) is 7.43. The molecule has 1 aromatic heterocycles. The third kappa shape index (κ3) is 3.98. The predicted molar refractivity (Wildman–Crippen MR) is 106 cm³/mol. The van der Waals surface area contributed by atoms with E-state index in [4.69, 9.17) is 0 Å². The van der Waals surface area contributed by atoms with Crippen molar-refractivity contribution in [3.8, 4) is 0 Å². The molecule has 2 N–H and O–H groups in total. The van der Waals surface area contributed by atoms with Crippen LogP contribution in [-0.2, 0) is 12.8 Å². The van der Waals surface area contributed by atoms with Gasteiger partial charge in [-0.05, 0) is 38.5 Å². The van der Waals surface area contributed by atoms with Crippen LogP contribution in [0, 0.1) is 0 Å². The summed E-state index contributed by atoms with van der Waals surface area (Å²) in [7, 11) is 0. The number of hydrogen-bond donors (Lipinski definition) is 2. The molecule has 0 unspecified atom stereocenters. The average Bonchev–Trinajstić information content (AvgIpc) is 3.28. The Bertz CT molecular complexity index is 583. The first-order chi connectivity index (χ1) is 12.3. The number of nitrogens with one attached hydrogen (secondary N) is 2. The lowest BCUT2D eigenvalue weighted by molar-refractivity contribution is 0.105. The maximum Gasteiger partial charge on any atom is 0.321 e. The molecule has 5 nitrogen and oxygen atoms in total. The van der Waals surface area contributed by atoms with E-state index in [1.165, 1.54) is 60.6 Å². The van der Waals surface area contributed by atoms with Crippen molar-refractivity contribution in [2.24, 2.45) is 0 Å². The highest BCUT2D eigenvalue weighted by molar-refractivity contribution is 7.99. The number of amides is 2. The molecule has 2 fully saturated rings. The lowest BCUT2D eigenvalue weighted by atomic mass is 9.94. The minimum Gasteiger partial charge on any atom is -0.336 e. The summed E-state index contributed by atoms with van der Waals surface area (Å²) >= 11 is 3.70. The Kier molecular flexibility index (Phi) is 5.53. The van der Waals surface area contributed by atoms with Crippen LogP contribution in [0.5, 0.6) is 0 Å². The maximum atomic E-state index is 12.4. The topological polar surface area (TPSA) is 57.3 Å². The Labute approximate surface area is 158 Å². The van der Waals surface area contributed by atoms with Crippen LogP contribution in [0.25, 0.3) is 0 Å². The fraction of sp³-hybridized carbons (Fsp3) is 0.778. The summed E-state index contributed by atoms with van der Waals surface area (Å²) in [4.78, 5) is 21.0. The largest absolute Gasteiger partial charge is 0.336 e. The molecule has 1 aromatic rings. The van der Waals surface area contributed by atoms with Gasteiger partial charge in [0.05, 0.1) is 5.69 Å². The summed E-state index contributed by atoms with van der Waals surface area (Å²) < 4.78 is 0. The zero-order chi connectivity index (χ0) is 17.1. The maximum absolute atomic E-state index is 12.4. The fourth-order valence-corrected chi connectivity index (χ4v) is 6.42. The van der Waals surface area contributed by atoms with Crippen molar-refractivity contribution in [3.63, 3.8) is 0 Å². The second-order valence-corrected chi connectivity index (χ2v) is 9.74. The number of thiazole rings is 1. The molecule has 2 amide bonds. The van der Waals surface area contributed by atoms with Gasteiger partial charge in [0.15, 0.2) is 5.13 Å². The highest BCUT2D eigenvalue weighted by Crippen LogP contribution is 2.36. The van der Waals surface area contributed by atoms with E-state index in [0.29, 0.717) is 0 Å². The number of carbonyl (C=O) groups excluding carboxylic acids is 1. The highest BCUT2D eigenvalue weighted by Gasteiger charge is 2.40. The van der Waals surface area contributed by atoms with Crippen LogP contribution in [0.3, 0.4) is 0 Å². The van der Waals surface area contributed by atoms with Crippen LogP contribution in [0.2, 0.25) is 0 Å². The van der Waals surface area contributed by atoms with Crippen molar-refractivity contribution in [3.05, 3.63) is 10.6 Å². The molecule has 0 spiro atoms. The molecule has 138 valence electrons. The van der Waals surface area contributed by atoms with Crippen molar-refractivity contribution >= 4 is 34.3 Å². The summed E-state index contributed by atoms with van der Waals surface area (Å²) in [6.07, 6.45) is 9.64. The molecule has 1 saturated carbocycles. The summed E-state index contributed by atoms with van der Waals surface area (Å²) in [5.41, 5.74) is 1.38. The predicted octanol–water partition coefficient (Wildman–Crippen LogP) is 3.51. The van der Waals surface area contributed by atoms with Gasteiger partial charge in [0.25, 0.3) is 0 Å². The third-order valence-corrected chi connectivity index (χ3v) is 7.88. The Morgan fingerprint density at radius 1 is 1.12 bits per heavy atom. The quantitative estimate of drug-likeness (QED) is 0.839. The smallest absolute Gasteiger partial charge is 0.321 e. The minimum atomic E-state index is -0.0937. The normalized spacial score (nSPS) is 23.2. The van der Waals surface area contributed by atoms with Gasteiger partial charge in [0.2, 0.25) is 0 Å². The summed E-state index contributed by atoms with van der Waals surface area (Å²) in [5, 5.41) is 6.90. The van der Waals surface area contributed by atoms with Gasteiger partial charge in [-0.1, -0.05) is 12.8 Å². The van der Waals surface area contributed by atoms with Crippen molar-refractivity contribution in [1.82, 2.24) is 15.2 Å². The van der Waals surface area contributed by atoms with Gasteiger partial charge < -0.3 is 5.32 Å². The number of hydrogen-bond acceptors (Lipinski definition) is 5. The molecule has 25 heavy (non-hydrogen) atoms. The molecule has 0 bridgehead atoms. The lowest BCUT2D eigenvalue weighted by Crippen LogP contribution is -2.56. The molecule has 1 aliphatic heterocycles. The van der Waals surface area contributed by atoms with E-state index in [1.54, 1.807) is 11.3 Å². The number of rotatable bonds is 4. The number of fused-ring (bicyclic) bond motifs is 1. The van der Waals surface area contributed by atoms with Gasteiger partial charge in [-0.2, -0.15) is 11.8 Å². The highest BCUT2D eigenvalue weighted by atomic mass is 32.2. The number of aryl methyl sites for hydroxylation is 2. The molecule has 3 aliphatic rings. The van der Waals surface area contributed by atoms with Crippen LogP contribution in [-0.4, -0.2) is 52.6 Å². The van der Waals surface area contributed by atoms with Gasteiger partial charge >= 0.3 is 6.03 Å². The molecular weight excluding hydrogens is 352 g/mol. The number of carbonyl (C=O) groups is 1. The van der Waals surface area contributed by atoms with Gasteiger partial charge in [-0.15, -0.1) is 11.3 Å². The SMILES string of the molecule is O=C(NCC1(N2CCSCC2)CCCC1)Nc1nc2c(s1)CCCC2. The van der Waals surface area contributed by atoms with Crippen molar-refractivity contribution in [2.45, 2.75) is 56.9 Å².